The zero-order valence-corrected chi connectivity index (χ0v) is 17.4. The zero-order valence-electron chi connectivity index (χ0n) is 16.7. The third-order valence-corrected chi connectivity index (χ3v) is 5.99. The van der Waals surface area contributed by atoms with Gasteiger partial charge in [-0.25, -0.2) is 4.68 Å². The summed E-state index contributed by atoms with van der Waals surface area (Å²) in [5, 5.41) is 8.12. The molecule has 2 aromatic rings. The number of carbonyl (C=O) groups excluding carboxylic acids is 1. The highest BCUT2D eigenvalue weighted by atomic mass is 35.5. The van der Waals surface area contributed by atoms with E-state index in [1.165, 1.54) is 0 Å². The Labute approximate surface area is 180 Å². The lowest BCUT2D eigenvalue weighted by molar-refractivity contribution is 0.0109. The number of amides is 1. The fourth-order valence-electron chi connectivity index (χ4n) is 4.18. The summed E-state index contributed by atoms with van der Waals surface area (Å²) in [5.41, 5.74) is 1.37. The second kappa shape index (κ2) is 8.45. The van der Waals surface area contributed by atoms with E-state index in [1.54, 1.807) is 16.8 Å². The van der Waals surface area contributed by atoms with Gasteiger partial charge in [0.25, 0.3) is 5.91 Å². The first kappa shape index (κ1) is 19.7. The van der Waals surface area contributed by atoms with Crippen LogP contribution in [0, 0.1) is 0 Å². The Balaban J connectivity index is 1.20. The highest BCUT2D eigenvalue weighted by Crippen LogP contribution is 2.28. The van der Waals surface area contributed by atoms with Crippen LogP contribution < -0.4 is 14.8 Å². The van der Waals surface area contributed by atoms with Gasteiger partial charge in [-0.2, -0.15) is 5.10 Å². The van der Waals surface area contributed by atoms with Crippen molar-refractivity contribution >= 4 is 17.5 Å². The van der Waals surface area contributed by atoms with Gasteiger partial charge in [0.05, 0.1) is 19.3 Å². The number of aryl methyl sites for hydroxylation is 1. The van der Waals surface area contributed by atoms with E-state index in [2.05, 4.69) is 15.3 Å². The molecule has 0 saturated carbocycles. The van der Waals surface area contributed by atoms with Gasteiger partial charge in [-0.1, -0.05) is 11.6 Å². The molecule has 9 heteroatoms. The van der Waals surface area contributed by atoms with Gasteiger partial charge in [-0.15, -0.1) is 0 Å². The van der Waals surface area contributed by atoms with Crippen molar-refractivity contribution in [1.29, 1.82) is 0 Å². The Morgan fingerprint density at radius 1 is 1.23 bits per heavy atom. The molecule has 4 heterocycles. The number of hydrogen-bond acceptors (Lipinski definition) is 6. The molecule has 5 rings (SSSR count). The van der Waals surface area contributed by atoms with Gasteiger partial charge >= 0.3 is 0 Å². The number of ether oxygens (including phenoxy) is 3. The third kappa shape index (κ3) is 4.26. The lowest BCUT2D eigenvalue weighted by Gasteiger charge is -2.32. The monoisotopic (exact) mass is 432 g/mol. The van der Waals surface area contributed by atoms with E-state index in [4.69, 9.17) is 25.8 Å². The Bertz CT molecular complexity index is 928. The molecule has 160 valence electrons. The first-order valence-corrected chi connectivity index (χ1v) is 10.8. The van der Waals surface area contributed by atoms with E-state index in [-0.39, 0.29) is 18.1 Å². The van der Waals surface area contributed by atoms with Crippen LogP contribution in [0.25, 0.3) is 0 Å². The van der Waals surface area contributed by atoms with Gasteiger partial charge in [0, 0.05) is 43.7 Å². The van der Waals surface area contributed by atoms with Crippen molar-refractivity contribution in [2.24, 2.45) is 0 Å². The zero-order chi connectivity index (χ0) is 20.5. The average molecular weight is 433 g/mol. The van der Waals surface area contributed by atoms with Crippen LogP contribution in [0.1, 0.15) is 22.5 Å². The summed E-state index contributed by atoms with van der Waals surface area (Å²) in [6, 6.07) is 7.16. The first-order chi connectivity index (χ1) is 14.6. The molecular weight excluding hydrogens is 408 g/mol. The van der Waals surface area contributed by atoms with Gasteiger partial charge in [0.1, 0.15) is 18.5 Å². The number of benzene rings is 1. The largest absolute Gasteiger partial charge is 0.491 e. The quantitative estimate of drug-likeness (QED) is 0.793. The minimum absolute atomic E-state index is 0.108. The molecule has 1 aromatic heterocycles. The van der Waals surface area contributed by atoms with E-state index in [0.717, 1.165) is 57.1 Å². The summed E-state index contributed by atoms with van der Waals surface area (Å²) >= 11 is 6.08. The van der Waals surface area contributed by atoms with E-state index < -0.39 is 0 Å². The number of nitrogens with zero attached hydrogens (tertiary/aromatic N) is 3. The number of fused-ring (bicyclic) bond motifs is 2. The number of hydrogen-bond donors (Lipinski definition) is 1. The molecule has 3 aliphatic heterocycles. The van der Waals surface area contributed by atoms with Gasteiger partial charge in [-0.3, -0.25) is 9.69 Å². The molecule has 1 N–H and O–H groups in total. The van der Waals surface area contributed by atoms with Crippen molar-refractivity contribution in [1.82, 2.24) is 20.0 Å². The number of halogens is 1. The second-order valence-electron chi connectivity index (χ2n) is 7.97. The molecule has 30 heavy (non-hydrogen) atoms. The molecule has 0 radical (unpaired) electrons. The SMILES string of the molecule is O=C(N[C@H]1COc2ccc(Cl)cc2C1)c1cc2n(n1)CCC(CN1CCOCC1)O2. The lowest BCUT2D eigenvalue weighted by atomic mass is 10.0. The summed E-state index contributed by atoms with van der Waals surface area (Å²) < 4.78 is 19.1. The topological polar surface area (TPSA) is 77.9 Å². The summed E-state index contributed by atoms with van der Waals surface area (Å²) in [5.74, 6) is 1.26. The van der Waals surface area contributed by atoms with Crippen molar-refractivity contribution in [3.8, 4) is 11.6 Å². The summed E-state index contributed by atoms with van der Waals surface area (Å²) in [6.45, 7) is 5.46. The molecule has 3 aliphatic rings. The molecule has 0 aliphatic carbocycles. The second-order valence-corrected chi connectivity index (χ2v) is 8.41. The van der Waals surface area contributed by atoms with Gasteiger partial charge < -0.3 is 19.5 Å². The summed E-state index contributed by atoms with van der Waals surface area (Å²) in [7, 11) is 0. The van der Waals surface area contributed by atoms with Crippen molar-refractivity contribution in [3.63, 3.8) is 0 Å². The van der Waals surface area contributed by atoms with Crippen LogP contribution in [-0.4, -0.2) is 72.2 Å². The minimum atomic E-state index is -0.218. The number of morpholine rings is 1. The Kier molecular flexibility index (Phi) is 5.54. The normalized spacial score (nSPS) is 23.6. The Morgan fingerprint density at radius 3 is 2.97 bits per heavy atom. The maximum absolute atomic E-state index is 12.8. The van der Waals surface area contributed by atoms with Crippen LogP contribution in [0.4, 0.5) is 0 Å². The van der Waals surface area contributed by atoms with Crippen LogP contribution in [0.15, 0.2) is 24.3 Å². The molecule has 2 atom stereocenters. The van der Waals surface area contributed by atoms with Crippen LogP contribution >= 0.6 is 11.6 Å². The van der Waals surface area contributed by atoms with E-state index in [9.17, 15) is 4.79 Å². The number of nitrogens with one attached hydrogen (secondary N) is 1. The van der Waals surface area contributed by atoms with Crippen molar-refractivity contribution in [2.75, 3.05) is 39.5 Å². The molecule has 0 bridgehead atoms. The number of aromatic nitrogens is 2. The molecule has 1 fully saturated rings. The molecule has 8 nitrogen and oxygen atoms in total. The van der Waals surface area contributed by atoms with Crippen molar-refractivity contribution in [2.45, 2.75) is 31.5 Å². The number of rotatable bonds is 4. The summed E-state index contributed by atoms with van der Waals surface area (Å²) in [4.78, 5) is 15.1. The van der Waals surface area contributed by atoms with Crippen LogP contribution in [0.2, 0.25) is 5.02 Å². The maximum atomic E-state index is 12.8. The average Bonchev–Trinajstić information content (AvgIpc) is 3.18. The predicted molar refractivity (Wildman–Crippen MR) is 110 cm³/mol. The van der Waals surface area contributed by atoms with Crippen molar-refractivity contribution < 1.29 is 19.0 Å². The van der Waals surface area contributed by atoms with Gasteiger partial charge in [0.15, 0.2) is 5.69 Å². The molecular formula is C21H25ClN4O4. The molecule has 1 saturated heterocycles. The highest BCUT2D eigenvalue weighted by Gasteiger charge is 2.28. The molecule has 0 spiro atoms. The molecule has 1 aromatic carbocycles. The predicted octanol–water partition coefficient (Wildman–Crippen LogP) is 1.75. The number of carbonyl (C=O) groups is 1. The standard InChI is InChI=1S/C21H25ClN4O4/c22-15-1-2-19-14(9-15)10-16(13-29-19)23-21(27)18-11-20-26(24-18)4-3-17(30-20)12-25-5-7-28-8-6-25/h1-2,9,11,16-17H,3-8,10,12-13H2,(H,23,27)/t16-,17?/m1/s1. The Morgan fingerprint density at radius 2 is 2.10 bits per heavy atom. The van der Waals surface area contributed by atoms with Gasteiger partial charge in [-0.05, 0) is 30.2 Å². The lowest BCUT2D eigenvalue weighted by Crippen LogP contribution is -2.44. The van der Waals surface area contributed by atoms with E-state index in [0.29, 0.717) is 29.6 Å². The van der Waals surface area contributed by atoms with Crippen LogP contribution in [0.3, 0.4) is 0 Å². The van der Waals surface area contributed by atoms with Crippen LogP contribution in [-0.2, 0) is 17.7 Å². The molecule has 1 unspecified atom stereocenters. The minimum Gasteiger partial charge on any atom is -0.491 e. The fraction of sp³-hybridized carbons (Fsp3) is 0.524. The first-order valence-electron chi connectivity index (χ1n) is 10.4. The van der Waals surface area contributed by atoms with E-state index >= 15 is 0 Å². The molecule has 1 amide bonds. The maximum Gasteiger partial charge on any atom is 0.272 e. The van der Waals surface area contributed by atoms with Gasteiger partial charge in [0.2, 0.25) is 5.88 Å². The Hall–Kier alpha value is -2.29. The summed E-state index contributed by atoms with van der Waals surface area (Å²) in [6.07, 6.45) is 1.66. The van der Waals surface area contributed by atoms with E-state index in [1.807, 2.05) is 12.1 Å². The smallest absolute Gasteiger partial charge is 0.272 e. The van der Waals surface area contributed by atoms with Crippen LogP contribution in [0.5, 0.6) is 11.6 Å². The van der Waals surface area contributed by atoms with Crippen molar-refractivity contribution in [3.05, 3.63) is 40.5 Å². The highest BCUT2D eigenvalue weighted by molar-refractivity contribution is 6.30. The fourth-order valence-corrected chi connectivity index (χ4v) is 4.37. The third-order valence-electron chi connectivity index (χ3n) is 5.76.